The fourth-order valence-electron chi connectivity index (χ4n) is 1.72. The highest BCUT2D eigenvalue weighted by Crippen LogP contribution is 2.35. The Balaban J connectivity index is 2.12. The minimum Gasteiger partial charge on any atom is -0.485 e. The topological polar surface area (TPSA) is 26.3 Å². The average molecular weight is 298 g/mol. The molecule has 0 atom stereocenters. The van der Waals surface area contributed by atoms with Crippen LogP contribution in [0.4, 0.5) is 17.6 Å². The van der Waals surface area contributed by atoms with Gasteiger partial charge in [-0.15, -0.1) is 0 Å². The maximum atomic E-state index is 13.0. The number of hydrogen-bond donors (Lipinski definition) is 0. The Hall–Kier alpha value is -2.37. The standard InChI is InChI=1S/C15H10F4O2/c16-11-5-3-4-10(8-11)13(20)9-21-14-7-2-1-6-12(14)15(17,18)19/h1-8H,9H2. The molecule has 0 aliphatic rings. The molecule has 2 rings (SSSR count). The molecule has 0 saturated heterocycles. The van der Waals surface area contributed by atoms with Crippen LogP contribution in [0.25, 0.3) is 0 Å². The summed E-state index contributed by atoms with van der Waals surface area (Å²) in [6.45, 7) is -0.601. The van der Waals surface area contributed by atoms with Crippen molar-refractivity contribution in [1.82, 2.24) is 0 Å². The third kappa shape index (κ3) is 3.81. The van der Waals surface area contributed by atoms with Gasteiger partial charge >= 0.3 is 6.18 Å². The summed E-state index contributed by atoms with van der Waals surface area (Å²) < 4.78 is 56.1. The molecule has 110 valence electrons. The van der Waals surface area contributed by atoms with Crippen LogP contribution >= 0.6 is 0 Å². The second kappa shape index (κ2) is 5.95. The zero-order valence-electron chi connectivity index (χ0n) is 10.7. The molecule has 0 fully saturated rings. The van der Waals surface area contributed by atoms with Gasteiger partial charge in [0.25, 0.3) is 0 Å². The number of carbonyl (C=O) groups excluding carboxylic acids is 1. The number of hydrogen-bond acceptors (Lipinski definition) is 2. The van der Waals surface area contributed by atoms with E-state index < -0.39 is 35.7 Å². The molecule has 2 aromatic carbocycles. The fourth-order valence-corrected chi connectivity index (χ4v) is 1.72. The first kappa shape index (κ1) is 15.0. The molecule has 0 bridgehead atoms. The molecule has 0 aromatic heterocycles. The van der Waals surface area contributed by atoms with E-state index in [4.69, 9.17) is 4.74 Å². The summed E-state index contributed by atoms with van der Waals surface area (Å²) in [4.78, 5) is 11.8. The van der Waals surface area contributed by atoms with Gasteiger partial charge < -0.3 is 4.74 Å². The Morgan fingerprint density at radius 2 is 1.76 bits per heavy atom. The average Bonchev–Trinajstić information content (AvgIpc) is 2.44. The number of carbonyl (C=O) groups is 1. The van der Waals surface area contributed by atoms with E-state index in [9.17, 15) is 22.4 Å². The highest BCUT2D eigenvalue weighted by molar-refractivity contribution is 5.97. The third-order valence-electron chi connectivity index (χ3n) is 2.70. The van der Waals surface area contributed by atoms with E-state index in [1.54, 1.807) is 0 Å². The van der Waals surface area contributed by atoms with E-state index in [1.165, 1.54) is 24.3 Å². The third-order valence-corrected chi connectivity index (χ3v) is 2.70. The number of Topliss-reactive ketones (excluding diaryl/α,β-unsaturated/α-hetero) is 1. The largest absolute Gasteiger partial charge is 0.485 e. The molecule has 2 aromatic rings. The van der Waals surface area contributed by atoms with E-state index in [0.717, 1.165) is 24.3 Å². The molecule has 0 spiro atoms. The first-order valence-electron chi connectivity index (χ1n) is 5.96. The summed E-state index contributed by atoms with van der Waals surface area (Å²) in [7, 11) is 0. The van der Waals surface area contributed by atoms with Gasteiger partial charge in [0.1, 0.15) is 11.6 Å². The van der Waals surface area contributed by atoms with Crippen molar-refractivity contribution in [2.45, 2.75) is 6.18 Å². The van der Waals surface area contributed by atoms with Crippen LogP contribution in [0.15, 0.2) is 48.5 Å². The second-order valence-electron chi connectivity index (χ2n) is 4.22. The number of alkyl halides is 3. The summed E-state index contributed by atoms with van der Waals surface area (Å²) in [6, 6.07) is 9.46. The van der Waals surface area contributed by atoms with Crippen molar-refractivity contribution < 1.29 is 27.1 Å². The summed E-state index contributed by atoms with van der Waals surface area (Å²) in [6.07, 6.45) is -4.57. The predicted molar refractivity (Wildman–Crippen MR) is 67.7 cm³/mol. The first-order valence-corrected chi connectivity index (χ1v) is 5.96. The van der Waals surface area contributed by atoms with E-state index in [0.29, 0.717) is 0 Å². The minimum absolute atomic E-state index is 0.0412. The molecular weight excluding hydrogens is 288 g/mol. The van der Waals surface area contributed by atoms with Gasteiger partial charge in [0.15, 0.2) is 12.4 Å². The van der Waals surface area contributed by atoms with Crippen LogP contribution in [0.2, 0.25) is 0 Å². The van der Waals surface area contributed by atoms with Gasteiger partial charge in [-0.1, -0.05) is 24.3 Å². The number of rotatable bonds is 4. The van der Waals surface area contributed by atoms with Gasteiger partial charge in [-0.25, -0.2) is 4.39 Å². The minimum atomic E-state index is -4.57. The Morgan fingerprint density at radius 3 is 2.43 bits per heavy atom. The van der Waals surface area contributed by atoms with Gasteiger partial charge in [0.2, 0.25) is 0 Å². The van der Waals surface area contributed by atoms with Crippen molar-refractivity contribution in [3.63, 3.8) is 0 Å². The van der Waals surface area contributed by atoms with E-state index in [1.807, 2.05) is 0 Å². The quantitative estimate of drug-likeness (QED) is 0.627. The lowest BCUT2D eigenvalue weighted by atomic mass is 10.1. The Bertz CT molecular complexity index is 650. The van der Waals surface area contributed by atoms with Gasteiger partial charge in [-0.3, -0.25) is 4.79 Å². The zero-order chi connectivity index (χ0) is 15.5. The molecule has 6 heteroatoms. The number of ketones is 1. The van der Waals surface area contributed by atoms with Crippen LogP contribution in [0.5, 0.6) is 5.75 Å². The number of para-hydroxylation sites is 1. The molecule has 0 N–H and O–H groups in total. The number of benzene rings is 2. The van der Waals surface area contributed by atoms with Crippen molar-refractivity contribution in [2.24, 2.45) is 0 Å². The van der Waals surface area contributed by atoms with Crippen LogP contribution in [-0.2, 0) is 6.18 Å². The molecule has 21 heavy (non-hydrogen) atoms. The maximum Gasteiger partial charge on any atom is 0.419 e. The van der Waals surface area contributed by atoms with Gasteiger partial charge in [0.05, 0.1) is 5.56 Å². The molecule has 0 amide bonds. The Morgan fingerprint density at radius 1 is 1.05 bits per heavy atom. The van der Waals surface area contributed by atoms with Crippen molar-refractivity contribution in [2.75, 3.05) is 6.61 Å². The van der Waals surface area contributed by atoms with Crippen molar-refractivity contribution in [1.29, 1.82) is 0 Å². The monoisotopic (exact) mass is 298 g/mol. The lowest BCUT2D eigenvalue weighted by Gasteiger charge is -2.13. The summed E-state index contributed by atoms with van der Waals surface area (Å²) >= 11 is 0. The summed E-state index contributed by atoms with van der Waals surface area (Å²) in [5.74, 6) is -1.64. The van der Waals surface area contributed by atoms with Crippen LogP contribution in [0, 0.1) is 5.82 Å². The van der Waals surface area contributed by atoms with E-state index in [2.05, 4.69) is 0 Å². The van der Waals surface area contributed by atoms with Crippen LogP contribution in [0.1, 0.15) is 15.9 Å². The van der Waals surface area contributed by atoms with Crippen molar-refractivity contribution in [3.05, 3.63) is 65.5 Å². The van der Waals surface area contributed by atoms with Crippen LogP contribution in [0.3, 0.4) is 0 Å². The number of ether oxygens (including phenoxy) is 1. The molecule has 0 saturated carbocycles. The van der Waals surface area contributed by atoms with Crippen LogP contribution < -0.4 is 4.74 Å². The normalized spacial score (nSPS) is 11.2. The molecule has 0 unspecified atom stereocenters. The predicted octanol–water partition coefficient (Wildman–Crippen LogP) is 4.11. The van der Waals surface area contributed by atoms with Crippen molar-refractivity contribution in [3.8, 4) is 5.75 Å². The van der Waals surface area contributed by atoms with Gasteiger partial charge in [0, 0.05) is 5.56 Å². The molecule has 0 radical (unpaired) electrons. The Kier molecular flexibility index (Phi) is 4.26. The summed E-state index contributed by atoms with van der Waals surface area (Å²) in [5, 5.41) is 0. The molecule has 0 aliphatic heterocycles. The fraction of sp³-hybridized carbons (Fsp3) is 0.133. The second-order valence-corrected chi connectivity index (χ2v) is 4.22. The maximum absolute atomic E-state index is 13.0. The van der Waals surface area contributed by atoms with Gasteiger partial charge in [-0.2, -0.15) is 13.2 Å². The summed E-state index contributed by atoms with van der Waals surface area (Å²) in [5.41, 5.74) is -0.920. The van der Waals surface area contributed by atoms with E-state index >= 15 is 0 Å². The smallest absolute Gasteiger partial charge is 0.419 e. The Labute approximate surface area is 118 Å². The molecule has 2 nitrogen and oxygen atoms in total. The van der Waals surface area contributed by atoms with E-state index in [-0.39, 0.29) is 5.56 Å². The lowest BCUT2D eigenvalue weighted by Crippen LogP contribution is -2.15. The van der Waals surface area contributed by atoms with Gasteiger partial charge in [-0.05, 0) is 24.3 Å². The highest BCUT2D eigenvalue weighted by atomic mass is 19.4. The first-order chi connectivity index (χ1) is 9.88. The van der Waals surface area contributed by atoms with Crippen molar-refractivity contribution >= 4 is 5.78 Å². The lowest BCUT2D eigenvalue weighted by molar-refractivity contribution is -0.138. The number of halogens is 4. The zero-order valence-corrected chi connectivity index (χ0v) is 10.7. The molecular formula is C15H10F4O2. The highest BCUT2D eigenvalue weighted by Gasteiger charge is 2.34. The molecule has 0 aliphatic carbocycles. The van der Waals surface area contributed by atoms with Crippen LogP contribution in [-0.4, -0.2) is 12.4 Å². The SMILES string of the molecule is O=C(COc1ccccc1C(F)(F)F)c1cccc(F)c1. The molecule has 0 heterocycles.